The highest BCUT2D eigenvalue weighted by molar-refractivity contribution is 5.78. The summed E-state index contributed by atoms with van der Waals surface area (Å²) in [6, 6.07) is 0. The number of nitrogens with one attached hydrogen (secondary N) is 1. The van der Waals surface area contributed by atoms with Gasteiger partial charge in [0, 0.05) is 14.1 Å². The van der Waals surface area contributed by atoms with E-state index in [1.165, 1.54) is 19.0 Å². The highest BCUT2D eigenvalue weighted by Gasteiger charge is 2.38. The molecule has 2 N–H and O–H groups in total. The van der Waals surface area contributed by atoms with Gasteiger partial charge >= 0.3 is 11.9 Å². The van der Waals surface area contributed by atoms with Crippen LogP contribution in [0.1, 0.15) is 0 Å². The van der Waals surface area contributed by atoms with Crippen molar-refractivity contribution in [1.82, 2.24) is 10.2 Å². The maximum atomic E-state index is 12.4. The molecule has 0 aromatic heterocycles. The fourth-order valence-electron chi connectivity index (χ4n) is 0.560. The Hall–Kier alpha value is -1.24. The van der Waals surface area contributed by atoms with E-state index in [0.717, 1.165) is 0 Å². The zero-order valence-electron chi connectivity index (χ0n) is 7.88. The fourth-order valence-corrected chi connectivity index (χ4v) is 0.560. The van der Waals surface area contributed by atoms with Crippen LogP contribution < -0.4 is 5.32 Å². The largest absolute Gasteiger partial charge is 0.477 e. The molecule has 0 atom stereocenters. The predicted molar refractivity (Wildman–Crippen MR) is 44.1 cm³/mol. The molecule has 0 aromatic rings. The van der Waals surface area contributed by atoms with Crippen molar-refractivity contribution in [2.75, 3.05) is 27.2 Å². The van der Waals surface area contributed by atoms with Crippen LogP contribution in [0.25, 0.3) is 0 Å². The first-order valence-electron chi connectivity index (χ1n) is 3.79. The topological polar surface area (TPSA) is 69.6 Å². The molecule has 82 valence electrons. The summed E-state index contributed by atoms with van der Waals surface area (Å²) in [4.78, 5) is 22.0. The summed E-state index contributed by atoms with van der Waals surface area (Å²) in [6.45, 7) is -1.36. The third kappa shape index (κ3) is 4.13. The maximum Gasteiger partial charge on any atom is 0.375 e. The maximum absolute atomic E-state index is 12.4. The molecule has 0 spiro atoms. The first-order valence-corrected chi connectivity index (χ1v) is 3.79. The Bertz CT molecular complexity index is 231. The van der Waals surface area contributed by atoms with E-state index in [0.29, 0.717) is 0 Å². The molecule has 14 heavy (non-hydrogen) atoms. The number of carbonyl (C=O) groups is 2. The van der Waals surface area contributed by atoms with Gasteiger partial charge in [0.05, 0.1) is 13.1 Å². The number of aliphatic carboxylic acids is 1. The van der Waals surface area contributed by atoms with Crippen molar-refractivity contribution >= 4 is 11.9 Å². The van der Waals surface area contributed by atoms with Gasteiger partial charge in [-0.15, -0.1) is 0 Å². The molecule has 0 aliphatic rings. The van der Waals surface area contributed by atoms with E-state index in [1.807, 2.05) is 0 Å². The second-order valence-corrected chi connectivity index (χ2v) is 2.90. The Kier molecular flexibility index (Phi) is 4.42. The summed E-state index contributed by atoms with van der Waals surface area (Å²) < 4.78 is 24.8. The Morgan fingerprint density at radius 1 is 1.43 bits per heavy atom. The van der Waals surface area contributed by atoms with Gasteiger partial charge in [0.15, 0.2) is 0 Å². The second-order valence-electron chi connectivity index (χ2n) is 2.90. The molecule has 0 aliphatic carbocycles. The zero-order chi connectivity index (χ0) is 11.4. The van der Waals surface area contributed by atoms with Gasteiger partial charge in [-0.1, -0.05) is 0 Å². The Balaban J connectivity index is 3.85. The highest BCUT2D eigenvalue weighted by Crippen LogP contribution is 2.11. The Morgan fingerprint density at radius 2 is 1.93 bits per heavy atom. The van der Waals surface area contributed by atoms with Gasteiger partial charge < -0.3 is 15.3 Å². The monoisotopic (exact) mass is 210 g/mol. The third-order valence-electron chi connectivity index (χ3n) is 1.43. The molecule has 0 unspecified atom stereocenters. The van der Waals surface area contributed by atoms with E-state index in [4.69, 9.17) is 5.11 Å². The van der Waals surface area contributed by atoms with Crippen molar-refractivity contribution in [3.05, 3.63) is 0 Å². The SMILES string of the molecule is CN(C)C(=O)CNCC(F)(F)C(=O)O. The van der Waals surface area contributed by atoms with Crippen LogP contribution >= 0.6 is 0 Å². The van der Waals surface area contributed by atoms with Gasteiger partial charge in [0.2, 0.25) is 5.91 Å². The number of carboxylic acid groups (broad SMARTS) is 1. The summed E-state index contributed by atoms with van der Waals surface area (Å²) in [5.74, 6) is -6.44. The van der Waals surface area contributed by atoms with Crippen molar-refractivity contribution in [2.24, 2.45) is 0 Å². The average molecular weight is 210 g/mol. The van der Waals surface area contributed by atoms with E-state index >= 15 is 0 Å². The van der Waals surface area contributed by atoms with E-state index in [-0.39, 0.29) is 6.54 Å². The van der Waals surface area contributed by atoms with Crippen LogP contribution in [-0.2, 0) is 9.59 Å². The van der Waals surface area contributed by atoms with Gasteiger partial charge in [-0.05, 0) is 0 Å². The summed E-state index contributed by atoms with van der Waals surface area (Å²) in [6.07, 6.45) is 0. The molecule has 5 nitrogen and oxygen atoms in total. The van der Waals surface area contributed by atoms with Gasteiger partial charge in [0.1, 0.15) is 0 Å². The number of carboxylic acids is 1. The van der Waals surface area contributed by atoms with Crippen molar-refractivity contribution in [1.29, 1.82) is 0 Å². The highest BCUT2D eigenvalue weighted by atomic mass is 19.3. The Morgan fingerprint density at radius 3 is 2.29 bits per heavy atom. The minimum absolute atomic E-state index is 0.310. The molecule has 0 heterocycles. The van der Waals surface area contributed by atoms with Crippen LogP contribution in [0.3, 0.4) is 0 Å². The fraction of sp³-hybridized carbons (Fsp3) is 0.714. The molecule has 0 fully saturated rings. The number of carbonyl (C=O) groups excluding carboxylic acids is 1. The molecule has 0 saturated carbocycles. The molecule has 0 bridgehead atoms. The van der Waals surface area contributed by atoms with Crippen LogP contribution in [0.5, 0.6) is 0 Å². The number of amides is 1. The van der Waals surface area contributed by atoms with Crippen LogP contribution in [0.15, 0.2) is 0 Å². The van der Waals surface area contributed by atoms with Gasteiger partial charge in [-0.3, -0.25) is 4.79 Å². The minimum atomic E-state index is -3.84. The molecule has 0 aliphatic heterocycles. The quantitative estimate of drug-likeness (QED) is 0.634. The first kappa shape index (κ1) is 12.8. The lowest BCUT2D eigenvalue weighted by molar-refractivity contribution is -0.164. The van der Waals surface area contributed by atoms with Gasteiger partial charge in [-0.25, -0.2) is 4.79 Å². The molecule has 7 heteroatoms. The van der Waals surface area contributed by atoms with Crippen LogP contribution in [0.2, 0.25) is 0 Å². The van der Waals surface area contributed by atoms with Gasteiger partial charge in [-0.2, -0.15) is 8.78 Å². The summed E-state index contributed by atoms with van der Waals surface area (Å²) >= 11 is 0. The predicted octanol–water partition coefficient (Wildman–Crippen LogP) is -0.616. The summed E-state index contributed by atoms with van der Waals surface area (Å²) in [5, 5.41) is 10.1. The normalized spacial score (nSPS) is 11.1. The van der Waals surface area contributed by atoms with Gasteiger partial charge in [0.25, 0.3) is 0 Å². The lowest BCUT2D eigenvalue weighted by atomic mass is 10.3. The lowest BCUT2D eigenvalue weighted by Crippen LogP contribution is -2.43. The minimum Gasteiger partial charge on any atom is -0.477 e. The standard InChI is InChI=1S/C7H12F2N2O3/c1-11(2)5(12)3-10-4-7(8,9)6(13)14/h10H,3-4H2,1-2H3,(H,13,14). The second kappa shape index (κ2) is 4.85. The average Bonchev–Trinajstić information content (AvgIpc) is 2.03. The molecular weight excluding hydrogens is 198 g/mol. The van der Waals surface area contributed by atoms with E-state index < -0.39 is 24.3 Å². The molecule has 0 aromatic carbocycles. The first-order chi connectivity index (χ1) is 6.27. The van der Waals surface area contributed by atoms with Crippen LogP contribution in [0, 0.1) is 0 Å². The summed E-state index contributed by atoms with van der Waals surface area (Å²) in [7, 11) is 2.94. The lowest BCUT2D eigenvalue weighted by Gasteiger charge is -2.14. The number of alkyl halides is 2. The number of hydrogen-bond acceptors (Lipinski definition) is 3. The number of rotatable bonds is 5. The van der Waals surface area contributed by atoms with E-state index in [9.17, 15) is 18.4 Å². The zero-order valence-corrected chi connectivity index (χ0v) is 7.88. The van der Waals surface area contributed by atoms with E-state index in [2.05, 4.69) is 5.32 Å². The van der Waals surface area contributed by atoms with Crippen LogP contribution in [0.4, 0.5) is 8.78 Å². The van der Waals surface area contributed by atoms with Crippen LogP contribution in [-0.4, -0.2) is 55.0 Å². The van der Waals surface area contributed by atoms with Crippen molar-refractivity contribution in [2.45, 2.75) is 5.92 Å². The third-order valence-corrected chi connectivity index (χ3v) is 1.43. The number of likely N-dealkylation sites (N-methyl/N-ethyl adjacent to an activating group) is 1. The van der Waals surface area contributed by atoms with Crippen molar-refractivity contribution < 1.29 is 23.5 Å². The summed E-state index contributed by atoms with van der Waals surface area (Å²) in [5.41, 5.74) is 0. The molecule has 1 amide bonds. The Labute approximate surface area is 79.7 Å². The molecule has 0 saturated heterocycles. The number of nitrogens with zero attached hydrogens (tertiary/aromatic N) is 1. The van der Waals surface area contributed by atoms with Crippen molar-refractivity contribution in [3.63, 3.8) is 0 Å². The van der Waals surface area contributed by atoms with Crippen molar-refractivity contribution in [3.8, 4) is 0 Å². The smallest absolute Gasteiger partial charge is 0.375 e. The number of hydrogen-bond donors (Lipinski definition) is 2. The molecule has 0 radical (unpaired) electrons. The molecule has 0 rings (SSSR count). The number of halogens is 2. The molecular formula is C7H12F2N2O3. The van der Waals surface area contributed by atoms with E-state index in [1.54, 1.807) is 0 Å².